The summed E-state index contributed by atoms with van der Waals surface area (Å²) in [4.78, 5) is 10.9. The van der Waals surface area contributed by atoms with Crippen molar-refractivity contribution in [3.63, 3.8) is 0 Å². The van der Waals surface area contributed by atoms with Gasteiger partial charge in [-0.25, -0.2) is 4.79 Å². The quantitative estimate of drug-likeness (QED) is 0.512. The molecule has 2 rings (SSSR count). The van der Waals surface area contributed by atoms with E-state index in [1.54, 1.807) is 0 Å². The average molecular weight is 212 g/mol. The van der Waals surface area contributed by atoms with Crippen LogP contribution in [0.3, 0.4) is 0 Å². The molecule has 1 heterocycles. The molecule has 0 aromatic carbocycles. The van der Waals surface area contributed by atoms with E-state index in [9.17, 15) is 4.79 Å². The van der Waals surface area contributed by atoms with Crippen LogP contribution in [-0.2, 0) is 19.0 Å². The fourth-order valence-electron chi connectivity index (χ4n) is 2.06. The number of rotatable bonds is 2. The van der Waals surface area contributed by atoms with Crippen LogP contribution in [0.25, 0.3) is 0 Å². The van der Waals surface area contributed by atoms with Crippen molar-refractivity contribution in [3.05, 3.63) is 12.7 Å². The topological polar surface area (TPSA) is 44.8 Å². The van der Waals surface area contributed by atoms with Gasteiger partial charge in [-0.15, -0.1) is 0 Å². The zero-order valence-corrected chi connectivity index (χ0v) is 8.74. The first-order chi connectivity index (χ1) is 7.24. The van der Waals surface area contributed by atoms with Gasteiger partial charge in [-0.2, -0.15) is 0 Å². The minimum atomic E-state index is -0.422. The third-order valence-corrected chi connectivity index (χ3v) is 2.88. The molecule has 15 heavy (non-hydrogen) atoms. The number of hydrogen-bond donors (Lipinski definition) is 0. The summed E-state index contributed by atoms with van der Waals surface area (Å²) >= 11 is 0. The predicted octanol–water partition coefficient (Wildman–Crippen LogP) is 1.40. The Balaban J connectivity index is 1.81. The van der Waals surface area contributed by atoms with E-state index in [0.29, 0.717) is 13.2 Å². The molecule has 0 bridgehead atoms. The maximum Gasteiger partial charge on any atom is 0.330 e. The molecule has 84 valence electrons. The summed E-state index contributed by atoms with van der Waals surface area (Å²) in [5, 5.41) is 0. The highest BCUT2D eigenvalue weighted by Gasteiger charge is 2.40. The lowest BCUT2D eigenvalue weighted by molar-refractivity contribution is -0.290. The summed E-state index contributed by atoms with van der Waals surface area (Å²) in [5.74, 6) is -0.800. The van der Waals surface area contributed by atoms with E-state index in [1.165, 1.54) is 0 Å². The summed E-state index contributed by atoms with van der Waals surface area (Å²) in [7, 11) is 0. The monoisotopic (exact) mass is 212 g/mol. The Kier molecular flexibility index (Phi) is 3.07. The van der Waals surface area contributed by atoms with Crippen LogP contribution in [0.1, 0.15) is 25.7 Å². The molecular formula is C11H16O4. The second-order valence-electron chi connectivity index (χ2n) is 4.00. The molecule has 0 unspecified atom stereocenters. The number of hydrogen-bond acceptors (Lipinski definition) is 4. The van der Waals surface area contributed by atoms with Crippen LogP contribution in [0.5, 0.6) is 0 Å². The molecule has 1 saturated carbocycles. The van der Waals surface area contributed by atoms with Crippen molar-refractivity contribution >= 4 is 5.97 Å². The first kappa shape index (κ1) is 10.6. The smallest absolute Gasteiger partial charge is 0.330 e. The maximum atomic E-state index is 10.9. The van der Waals surface area contributed by atoms with Gasteiger partial charge in [-0.1, -0.05) is 6.58 Å². The Morgan fingerprint density at radius 2 is 1.93 bits per heavy atom. The van der Waals surface area contributed by atoms with Gasteiger partial charge in [0.05, 0.1) is 13.2 Å². The van der Waals surface area contributed by atoms with Crippen LogP contribution >= 0.6 is 0 Å². The lowest BCUT2D eigenvalue weighted by Crippen LogP contribution is -2.45. The number of carbonyl (C=O) groups excluding carboxylic acids is 1. The lowest BCUT2D eigenvalue weighted by atomic mass is 10.2. The minimum absolute atomic E-state index is 0.290. The molecule has 0 amide bonds. The third-order valence-electron chi connectivity index (χ3n) is 2.88. The molecule has 2 fully saturated rings. The van der Waals surface area contributed by atoms with Crippen LogP contribution in [0.2, 0.25) is 0 Å². The first-order valence-electron chi connectivity index (χ1n) is 5.35. The maximum absolute atomic E-state index is 10.9. The summed E-state index contributed by atoms with van der Waals surface area (Å²) in [6.45, 7) is 4.20. The second kappa shape index (κ2) is 4.33. The molecule has 1 saturated heterocycles. The molecular weight excluding hydrogens is 196 g/mol. The van der Waals surface area contributed by atoms with Gasteiger partial charge in [-0.05, 0) is 12.8 Å². The SMILES string of the molecule is C=CC(=O)OC1COC2(CCCC2)OC1. The van der Waals surface area contributed by atoms with Crippen molar-refractivity contribution in [2.75, 3.05) is 13.2 Å². The van der Waals surface area contributed by atoms with Gasteiger partial charge >= 0.3 is 5.97 Å². The molecule has 1 spiro atoms. The van der Waals surface area contributed by atoms with E-state index >= 15 is 0 Å². The summed E-state index contributed by atoms with van der Waals surface area (Å²) in [6.07, 6.45) is 5.07. The highest BCUT2D eigenvalue weighted by molar-refractivity contribution is 5.81. The molecule has 1 aliphatic heterocycles. The number of carbonyl (C=O) groups is 1. The van der Waals surface area contributed by atoms with Crippen molar-refractivity contribution in [1.82, 2.24) is 0 Å². The first-order valence-corrected chi connectivity index (χ1v) is 5.35. The molecule has 4 nitrogen and oxygen atoms in total. The Morgan fingerprint density at radius 1 is 1.33 bits per heavy atom. The third kappa shape index (κ3) is 2.38. The van der Waals surface area contributed by atoms with Gasteiger partial charge in [0.25, 0.3) is 0 Å². The summed E-state index contributed by atoms with van der Waals surface area (Å²) < 4.78 is 16.3. The van der Waals surface area contributed by atoms with Crippen LogP contribution in [0, 0.1) is 0 Å². The molecule has 4 heteroatoms. The Hall–Kier alpha value is -0.870. The molecule has 1 aliphatic carbocycles. The van der Waals surface area contributed by atoms with Crippen LogP contribution < -0.4 is 0 Å². The standard InChI is InChI=1S/C11H16O4/c1-2-10(12)15-9-7-13-11(14-8-9)5-3-4-6-11/h2,9H,1,3-8H2. The fraction of sp³-hybridized carbons (Fsp3) is 0.727. The summed E-state index contributed by atoms with van der Waals surface area (Å²) in [6, 6.07) is 0. The lowest BCUT2D eigenvalue weighted by Gasteiger charge is -2.36. The van der Waals surface area contributed by atoms with Gasteiger partial charge in [0, 0.05) is 18.9 Å². The van der Waals surface area contributed by atoms with Gasteiger partial charge < -0.3 is 14.2 Å². The van der Waals surface area contributed by atoms with Crippen LogP contribution in [0.15, 0.2) is 12.7 Å². The largest absolute Gasteiger partial charge is 0.454 e. The number of esters is 1. The second-order valence-corrected chi connectivity index (χ2v) is 4.00. The zero-order valence-electron chi connectivity index (χ0n) is 8.74. The highest BCUT2D eigenvalue weighted by Crippen LogP contribution is 2.36. The molecule has 0 radical (unpaired) electrons. The van der Waals surface area contributed by atoms with E-state index in [2.05, 4.69) is 6.58 Å². The highest BCUT2D eigenvalue weighted by atomic mass is 16.7. The molecule has 0 N–H and O–H groups in total. The van der Waals surface area contributed by atoms with Crippen molar-refractivity contribution in [1.29, 1.82) is 0 Å². The average Bonchev–Trinajstić information content (AvgIpc) is 2.70. The number of ether oxygens (including phenoxy) is 3. The fourth-order valence-corrected chi connectivity index (χ4v) is 2.06. The van der Waals surface area contributed by atoms with Gasteiger partial charge in [0.1, 0.15) is 6.10 Å². The van der Waals surface area contributed by atoms with Crippen molar-refractivity contribution in [2.24, 2.45) is 0 Å². The molecule has 0 atom stereocenters. The van der Waals surface area contributed by atoms with Gasteiger partial charge in [-0.3, -0.25) is 0 Å². The van der Waals surface area contributed by atoms with E-state index < -0.39 is 5.97 Å². The van der Waals surface area contributed by atoms with Crippen LogP contribution in [-0.4, -0.2) is 31.1 Å². The molecule has 0 aromatic heterocycles. The Morgan fingerprint density at radius 3 is 2.47 bits per heavy atom. The summed E-state index contributed by atoms with van der Waals surface area (Å²) in [5.41, 5.74) is 0. The molecule has 0 aromatic rings. The van der Waals surface area contributed by atoms with Crippen LogP contribution in [0.4, 0.5) is 0 Å². The predicted molar refractivity (Wildman–Crippen MR) is 53.2 cm³/mol. The van der Waals surface area contributed by atoms with Crippen molar-refractivity contribution in [2.45, 2.75) is 37.6 Å². The van der Waals surface area contributed by atoms with E-state index in [-0.39, 0.29) is 11.9 Å². The van der Waals surface area contributed by atoms with Gasteiger partial charge in [0.15, 0.2) is 5.79 Å². The normalized spacial score (nSPS) is 25.3. The van der Waals surface area contributed by atoms with E-state index in [1.807, 2.05) is 0 Å². The molecule has 2 aliphatic rings. The Bertz CT molecular complexity index is 245. The van der Waals surface area contributed by atoms with Crippen molar-refractivity contribution < 1.29 is 19.0 Å². The zero-order chi connectivity index (χ0) is 10.7. The minimum Gasteiger partial charge on any atom is -0.454 e. The van der Waals surface area contributed by atoms with E-state index in [0.717, 1.165) is 31.8 Å². The van der Waals surface area contributed by atoms with Crippen molar-refractivity contribution in [3.8, 4) is 0 Å². The Labute approximate surface area is 89.2 Å². The van der Waals surface area contributed by atoms with Gasteiger partial charge in [0.2, 0.25) is 0 Å². The van der Waals surface area contributed by atoms with E-state index in [4.69, 9.17) is 14.2 Å².